The van der Waals surface area contributed by atoms with Crippen LogP contribution in [0.1, 0.15) is 6.92 Å². The van der Waals surface area contributed by atoms with Gasteiger partial charge in [-0.25, -0.2) is 0 Å². The highest BCUT2D eigenvalue weighted by atomic mass is 35.5. The maximum atomic E-state index is 6.26. The smallest absolute Gasteiger partial charge is 0.137 e. The van der Waals surface area contributed by atoms with Crippen LogP contribution in [0.5, 0.6) is 5.75 Å². The number of halogens is 1. The third-order valence-electron chi connectivity index (χ3n) is 2.87. The van der Waals surface area contributed by atoms with E-state index in [1.807, 2.05) is 36.4 Å². The van der Waals surface area contributed by atoms with Gasteiger partial charge in [-0.3, -0.25) is 0 Å². The third kappa shape index (κ3) is 3.92. The first-order valence-corrected chi connectivity index (χ1v) is 7.30. The Morgan fingerprint density at radius 2 is 1.84 bits per heavy atom. The van der Waals surface area contributed by atoms with Gasteiger partial charge in [0.15, 0.2) is 0 Å². The Morgan fingerprint density at radius 3 is 2.47 bits per heavy atom. The molecule has 0 fully saturated rings. The maximum Gasteiger partial charge on any atom is 0.137 e. The summed E-state index contributed by atoms with van der Waals surface area (Å²) in [4.78, 5) is 0. The lowest BCUT2D eigenvalue weighted by molar-refractivity contribution is 0.274. The first kappa shape index (κ1) is 14.3. The van der Waals surface area contributed by atoms with Gasteiger partial charge >= 0.3 is 0 Å². The highest BCUT2D eigenvalue weighted by Crippen LogP contribution is 2.30. The third-order valence-corrected chi connectivity index (χ3v) is 3.79. The zero-order chi connectivity index (χ0) is 13.7. The molecule has 0 spiro atoms. The fourth-order valence-electron chi connectivity index (χ4n) is 1.71. The largest absolute Gasteiger partial charge is 0.492 e. The van der Waals surface area contributed by atoms with Gasteiger partial charge in [-0.1, -0.05) is 54.9 Å². The lowest BCUT2D eigenvalue weighted by Gasteiger charge is -2.12. The number of hydrogen-bond donors (Lipinski definition) is 1. The lowest BCUT2D eigenvalue weighted by atomic mass is 10.1. The quantitative estimate of drug-likeness (QED) is 0.767. The van der Waals surface area contributed by atoms with Crippen molar-refractivity contribution in [2.24, 2.45) is 5.92 Å². The summed E-state index contributed by atoms with van der Waals surface area (Å²) >= 11 is 10.5. The lowest BCUT2D eigenvalue weighted by Crippen LogP contribution is -2.09. The van der Waals surface area contributed by atoms with Crippen LogP contribution in [0.3, 0.4) is 0 Å². The molecule has 0 amide bonds. The van der Waals surface area contributed by atoms with Gasteiger partial charge in [0.05, 0.1) is 11.6 Å². The van der Waals surface area contributed by atoms with Crippen molar-refractivity contribution in [3.63, 3.8) is 0 Å². The molecule has 2 aromatic carbocycles. The van der Waals surface area contributed by atoms with Crippen LogP contribution in [0.25, 0.3) is 11.1 Å². The summed E-state index contributed by atoms with van der Waals surface area (Å²) in [5, 5.41) is 0.646. The molecule has 0 N–H and O–H groups in total. The second-order valence-corrected chi connectivity index (χ2v) is 5.38. The van der Waals surface area contributed by atoms with E-state index >= 15 is 0 Å². The molecular weight excluding hydrogens is 276 g/mol. The predicted octanol–water partition coefficient (Wildman–Crippen LogP) is 4.95. The van der Waals surface area contributed by atoms with Crippen molar-refractivity contribution in [3.05, 3.63) is 53.6 Å². The summed E-state index contributed by atoms with van der Waals surface area (Å²) in [6.07, 6.45) is 0. The van der Waals surface area contributed by atoms with E-state index in [0.29, 0.717) is 17.5 Å². The van der Waals surface area contributed by atoms with Crippen LogP contribution in [0, 0.1) is 5.92 Å². The van der Waals surface area contributed by atoms with Crippen molar-refractivity contribution in [2.75, 3.05) is 12.4 Å². The number of hydrogen-bond acceptors (Lipinski definition) is 2. The second-order valence-electron chi connectivity index (χ2n) is 4.61. The number of benzene rings is 2. The zero-order valence-corrected chi connectivity index (χ0v) is 12.5. The topological polar surface area (TPSA) is 9.23 Å². The van der Waals surface area contributed by atoms with Crippen LogP contribution in [0.15, 0.2) is 48.5 Å². The van der Waals surface area contributed by atoms with Gasteiger partial charge in [0, 0.05) is 0 Å². The fourth-order valence-corrected chi connectivity index (χ4v) is 2.05. The predicted molar refractivity (Wildman–Crippen MR) is 85.4 cm³/mol. The molecule has 0 bridgehead atoms. The molecule has 2 aromatic rings. The molecule has 0 radical (unpaired) electrons. The van der Waals surface area contributed by atoms with Gasteiger partial charge in [-0.15, -0.1) is 0 Å². The standard InChI is InChI=1S/C16H17ClOS/c1-12(11-19)10-18-16-8-7-14(9-15(16)17)13-5-3-2-4-6-13/h2-9,12,19H,10-11H2,1H3. The summed E-state index contributed by atoms with van der Waals surface area (Å²) in [6, 6.07) is 16.1. The van der Waals surface area contributed by atoms with Crippen molar-refractivity contribution in [1.29, 1.82) is 0 Å². The fraction of sp³-hybridized carbons (Fsp3) is 0.250. The van der Waals surface area contributed by atoms with Crippen LogP contribution in [0.2, 0.25) is 5.02 Å². The molecule has 2 rings (SSSR count). The average molecular weight is 293 g/mol. The summed E-state index contributed by atoms with van der Waals surface area (Å²) in [6.45, 7) is 2.73. The van der Waals surface area contributed by atoms with E-state index in [1.54, 1.807) is 0 Å². The zero-order valence-electron chi connectivity index (χ0n) is 10.8. The first-order chi connectivity index (χ1) is 9.20. The van der Waals surface area contributed by atoms with Crippen LogP contribution in [-0.2, 0) is 0 Å². The SMILES string of the molecule is CC(CS)COc1ccc(-c2ccccc2)cc1Cl. The minimum atomic E-state index is 0.410. The minimum absolute atomic E-state index is 0.410. The van der Waals surface area contributed by atoms with Crippen LogP contribution in [0.4, 0.5) is 0 Å². The van der Waals surface area contributed by atoms with E-state index in [4.69, 9.17) is 16.3 Å². The summed E-state index contributed by atoms with van der Waals surface area (Å²) in [5.41, 5.74) is 2.25. The molecule has 0 heterocycles. The normalized spacial score (nSPS) is 12.2. The molecule has 0 aliphatic rings. The van der Waals surface area contributed by atoms with E-state index in [0.717, 1.165) is 22.6 Å². The van der Waals surface area contributed by atoms with E-state index in [2.05, 4.69) is 31.7 Å². The van der Waals surface area contributed by atoms with E-state index < -0.39 is 0 Å². The van der Waals surface area contributed by atoms with Crippen molar-refractivity contribution in [1.82, 2.24) is 0 Å². The van der Waals surface area contributed by atoms with Crippen LogP contribution in [-0.4, -0.2) is 12.4 Å². The van der Waals surface area contributed by atoms with Crippen LogP contribution >= 0.6 is 24.2 Å². The molecule has 1 nitrogen and oxygen atoms in total. The van der Waals surface area contributed by atoms with Gasteiger partial charge in [0.2, 0.25) is 0 Å². The minimum Gasteiger partial charge on any atom is -0.492 e. The Hall–Kier alpha value is -1.12. The average Bonchev–Trinajstić information content (AvgIpc) is 2.46. The Bertz CT molecular complexity index is 528. The molecule has 0 saturated carbocycles. The number of ether oxygens (including phenoxy) is 1. The Balaban J connectivity index is 2.13. The number of rotatable bonds is 5. The van der Waals surface area contributed by atoms with E-state index in [-0.39, 0.29) is 0 Å². The second kappa shape index (κ2) is 6.88. The molecule has 3 heteroatoms. The monoisotopic (exact) mass is 292 g/mol. The Labute approximate surface area is 125 Å². The Kier molecular flexibility index (Phi) is 5.17. The first-order valence-electron chi connectivity index (χ1n) is 6.29. The maximum absolute atomic E-state index is 6.26. The van der Waals surface area contributed by atoms with Gasteiger partial charge in [0.1, 0.15) is 5.75 Å². The van der Waals surface area contributed by atoms with Gasteiger partial charge in [0.25, 0.3) is 0 Å². The summed E-state index contributed by atoms with van der Waals surface area (Å²) in [5.74, 6) is 1.95. The summed E-state index contributed by atoms with van der Waals surface area (Å²) in [7, 11) is 0. The molecule has 1 atom stereocenters. The van der Waals surface area contributed by atoms with Gasteiger partial charge in [-0.2, -0.15) is 12.6 Å². The van der Waals surface area contributed by atoms with E-state index in [1.165, 1.54) is 0 Å². The van der Waals surface area contributed by atoms with Crippen molar-refractivity contribution in [2.45, 2.75) is 6.92 Å². The molecule has 100 valence electrons. The highest BCUT2D eigenvalue weighted by molar-refractivity contribution is 7.80. The summed E-state index contributed by atoms with van der Waals surface area (Å²) < 4.78 is 5.70. The molecule has 0 saturated heterocycles. The Morgan fingerprint density at radius 1 is 1.11 bits per heavy atom. The molecular formula is C16H17ClOS. The van der Waals surface area contributed by atoms with Crippen molar-refractivity contribution < 1.29 is 4.74 Å². The van der Waals surface area contributed by atoms with E-state index in [9.17, 15) is 0 Å². The van der Waals surface area contributed by atoms with Gasteiger partial charge < -0.3 is 4.74 Å². The van der Waals surface area contributed by atoms with Crippen molar-refractivity contribution >= 4 is 24.2 Å². The highest BCUT2D eigenvalue weighted by Gasteiger charge is 2.06. The molecule has 0 aromatic heterocycles. The molecule has 0 aliphatic carbocycles. The van der Waals surface area contributed by atoms with Crippen molar-refractivity contribution in [3.8, 4) is 16.9 Å². The number of thiol groups is 1. The van der Waals surface area contributed by atoms with Crippen LogP contribution < -0.4 is 4.74 Å². The molecule has 1 unspecified atom stereocenters. The molecule has 0 aliphatic heterocycles. The van der Waals surface area contributed by atoms with Gasteiger partial charge in [-0.05, 0) is 34.9 Å². The molecule has 19 heavy (non-hydrogen) atoms.